The van der Waals surface area contributed by atoms with Crippen LogP contribution < -0.4 is 21.3 Å². The number of carbonyl (C=O) groups excluding carboxylic acids is 5. The van der Waals surface area contributed by atoms with Crippen LogP contribution in [0.15, 0.2) is 36.4 Å². The summed E-state index contributed by atoms with van der Waals surface area (Å²) >= 11 is 0. The first-order valence-electron chi connectivity index (χ1n) is 17.9. The first-order chi connectivity index (χ1) is 25.1. The van der Waals surface area contributed by atoms with Crippen molar-refractivity contribution in [1.82, 2.24) is 10.6 Å². The Morgan fingerprint density at radius 1 is 0.731 bits per heavy atom. The largest absolute Gasteiger partial charge is 0.465 e. The molecule has 1 aliphatic carbocycles. The monoisotopic (exact) mass is 726 g/mol. The normalized spacial score (nSPS) is 13.4. The van der Waals surface area contributed by atoms with E-state index in [-0.39, 0.29) is 74.5 Å². The van der Waals surface area contributed by atoms with Crippen LogP contribution in [0.25, 0.3) is 11.1 Å². The van der Waals surface area contributed by atoms with E-state index >= 15 is 0 Å². The molecule has 2 aromatic carbocycles. The number of hydrogen-bond acceptors (Lipinski definition) is 10. The van der Waals surface area contributed by atoms with Gasteiger partial charge in [-0.3, -0.25) is 24.0 Å². The molecule has 0 spiro atoms. The second-order valence-electron chi connectivity index (χ2n) is 12.6. The van der Waals surface area contributed by atoms with Crippen LogP contribution >= 0.6 is 0 Å². The number of nitrogens with one attached hydrogen (secondary N) is 4. The van der Waals surface area contributed by atoms with Crippen LogP contribution in [0.3, 0.4) is 0 Å². The van der Waals surface area contributed by atoms with Gasteiger partial charge in [0.05, 0.1) is 19.3 Å². The van der Waals surface area contributed by atoms with Crippen LogP contribution in [0.4, 0.5) is 11.4 Å². The van der Waals surface area contributed by atoms with Gasteiger partial charge in [0.2, 0.25) is 23.6 Å². The number of fused-ring (bicyclic) bond motifs is 3. The van der Waals surface area contributed by atoms with Crippen molar-refractivity contribution in [3.63, 3.8) is 0 Å². The van der Waals surface area contributed by atoms with Crippen molar-refractivity contribution in [1.29, 1.82) is 0 Å². The minimum Gasteiger partial charge on any atom is -0.465 e. The molecular formula is C38H54N4O10. The van der Waals surface area contributed by atoms with Crippen LogP contribution in [-0.4, -0.2) is 101 Å². The summed E-state index contributed by atoms with van der Waals surface area (Å²) in [6, 6.07) is 11.2. The first-order valence-corrected chi connectivity index (χ1v) is 17.9. The molecule has 0 radical (unpaired) electrons. The fourth-order valence-corrected chi connectivity index (χ4v) is 5.72. The SMILES string of the molecule is COCCCOCCNC(=O)CCCC(=O)Nc1ccc2c(c1)C(COC(C)=O)c1cc(NC(=O)CCCC(=O)NCCOC(C)CCO)ccc1-2. The fraction of sp³-hybridized carbons (Fsp3) is 0.553. The minimum atomic E-state index is -0.421. The molecule has 0 bridgehead atoms. The molecule has 5 N–H and O–H groups in total. The number of rotatable bonds is 25. The van der Waals surface area contributed by atoms with Gasteiger partial charge in [-0.25, -0.2) is 0 Å². The second kappa shape index (κ2) is 23.2. The fourth-order valence-electron chi connectivity index (χ4n) is 5.72. The Morgan fingerprint density at radius 3 is 1.79 bits per heavy atom. The Kier molecular flexibility index (Phi) is 18.8. The van der Waals surface area contributed by atoms with Crippen molar-refractivity contribution in [3.8, 4) is 11.1 Å². The lowest BCUT2D eigenvalue weighted by Gasteiger charge is -2.15. The van der Waals surface area contributed by atoms with Crippen LogP contribution in [0.2, 0.25) is 0 Å². The molecule has 0 saturated heterocycles. The second-order valence-corrected chi connectivity index (χ2v) is 12.6. The van der Waals surface area contributed by atoms with Crippen molar-refractivity contribution < 1.29 is 48.0 Å². The molecule has 0 aliphatic heterocycles. The lowest BCUT2D eigenvalue weighted by Crippen LogP contribution is -2.28. The average Bonchev–Trinajstić information content (AvgIpc) is 3.40. The van der Waals surface area contributed by atoms with Gasteiger partial charge in [0.1, 0.15) is 6.61 Å². The Labute approximate surface area is 305 Å². The molecule has 1 aliphatic rings. The summed E-state index contributed by atoms with van der Waals surface area (Å²) in [5, 5.41) is 20.3. The summed E-state index contributed by atoms with van der Waals surface area (Å²) in [6.45, 7) is 6.05. The van der Waals surface area contributed by atoms with Gasteiger partial charge in [-0.05, 0) is 79.1 Å². The quantitative estimate of drug-likeness (QED) is 0.0746. The third kappa shape index (κ3) is 15.1. The third-order valence-corrected chi connectivity index (χ3v) is 8.35. The van der Waals surface area contributed by atoms with Crippen LogP contribution in [0.5, 0.6) is 0 Å². The number of hydrogen-bond donors (Lipinski definition) is 5. The van der Waals surface area contributed by atoms with Gasteiger partial charge in [0, 0.05) is 89.9 Å². The molecule has 0 fully saturated rings. The maximum atomic E-state index is 12.7. The highest BCUT2D eigenvalue weighted by Crippen LogP contribution is 2.47. The standard InChI is InChI=1S/C38H54N4O10/c1-26(15-18-43)51-22-17-40-36(46)8-5-10-38(48)42-29-12-14-31-30-13-11-28(23-32(30)34(33(31)24-29)25-52-27(2)44)41-37(47)9-4-7-35(45)39-16-21-50-20-6-19-49-3/h11-14,23-24,26,34,43H,4-10,15-22,25H2,1-3H3,(H,39,45)(H,40,46)(H,41,47)(H,42,48). The number of aliphatic hydroxyl groups excluding tert-OH is 1. The molecule has 0 saturated carbocycles. The highest BCUT2D eigenvalue weighted by molar-refractivity contribution is 5.94. The lowest BCUT2D eigenvalue weighted by atomic mass is 9.97. The van der Waals surface area contributed by atoms with E-state index in [0.717, 1.165) is 28.7 Å². The molecule has 2 atom stereocenters. The lowest BCUT2D eigenvalue weighted by molar-refractivity contribution is -0.141. The highest BCUT2D eigenvalue weighted by atomic mass is 16.5. The van der Waals surface area contributed by atoms with E-state index in [2.05, 4.69) is 21.3 Å². The predicted octanol–water partition coefficient (Wildman–Crippen LogP) is 3.65. The van der Waals surface area contributed by atoms with Gasteiger partial charge in [-0.15, -0.1) is 0 Å². The van der Waals surface area contributed by atoms with Gasteiger partial charge in [0.25, 0.3) is 0 Å². The number of ether oxygens (including phenoxy) is 4. The van der Waals surface area contributed by atoms with Gasteiger partial charge < -0.3 is 45.3 Å². The zero-order valence-corrected chi connectivity index (χ0v) is 30.6. The van der Waals surface area contributed by atoms with E-state index in [0.29, 0.717) is 70.2 Å². The molecule has 2 unspecified atom stereocenters. The molecule has 3 rings (SSSR count). The Hall–Kier alpha value is -4.37. The molecule has 4 amide bonds. The maximum Gasteiger partial charge on any atom is 0.302 e. The topological polar surface area (TPSA) is 191 Å². The summed E-state index contributed by atoms with van der Waals surface area (Å²) in [6.07, 6.45) is 2.75. The minimum absolute atomic E-state index is 0.0473. The zero-order chi connectivity index (χ0) is 37.7. The molecule has 0 heterocycles. The van der Waals surface area contributed by atoms with Crippen molar-refractivity contribution >= 4 is 41.0 Å². The summed E-state index contributed by atoms with van der Waals surface area (Å²) in [7, 11) is 1.63. The van der Waals surface area contributed by atoms with Crippen molar-refractivity contribution in [2.45, 2.75) is 77.2 Å². The highest BCUT2D eigenvalue weighted by Gasteiger charge is 2.30. The van der Waals surface area contributed by atoms with Gasteiger partial charge >= 0.3 is 5.97 Å². The van der Waals surface area contributed by atoms with Gasteiger partial charge in [-0.2, -0.15) is 0 Å². The molecule has 52 heavy (non-hydrogen) atoms. The summed E-state index contributed by atoms with van der Waals surface area (Å²) in [5.41, 5.74) is 4.78. The van der Waals surface area contributed by atoms with Crippen LogP contribution in [-0.2, 0) is 42.9 Å². The number of methoxy groups -OCH3 is 1. The summed E-state index contributed by atoms with van der Waals surface area (Å²) in [4.78, 5) is 61.5. The van der Waals surface area contributed by atoms with E-state index in [4.69, 9.17) is 24.1 Å². The third-order valence-electron chi connectivity index (χ3n) is 8.35. The smallest absolute Gasteiger partial charge is 0.302 e. The van der Waals surface area contributed by atoms with Gasteiger partial charge in [-0.1, -0.05) is 12.1 Å². The Morgan fingerprint density at radius 2 is 1.27 bits per heavy atom. The summed E-state index contributed by atoms with van der Waals surface area (Å²) in [5.74, 6) is -1.50. The number of aliphatic hydroxyl groups is 1. The predicted molar refractivity (Wildman–Crippen MR) is 196 cm³/mol. The molecule has 14 nitrogen and oxygen atoms in total. The van der Waals surface area contributed by atoms with Gasteiger partial charge in [0.15, 0.2) is 0 Å². The molecule has 14 heteroatoms. The maximum absolute atomic E-state index is 12.7. The molecule has 0 aromatic heterocycles. The molecule has 286 valence electrons. The van der Waals surface area contributed by atoms with E-state index in [1.807, 2.05) is 37.3 Å². The van der Waals surface area contributed by atoms with Crippen LogP contribution in [0.1, 0.15) is 82.3 Å². The van der Waals surface area contributed by atoms with Crippen molar-refractivity contribution in [3.05, 3.63) is 47.5 Å². The van der Waals surface area contributed by atoms with E-state index < -0.39 is 5.97 Å². The number of carbonyl (C=O) groups is 5. The zero-order valence-electron chi connectivity index (χ0n) is 30.6. The number of anilines is 2. The molecule has 2 aromatic rings. The average molecular weight is 727 g/mol. The number of benzene rings is 2. The van der Waals surface area contributed by atoms with E-state index in [1.54, 1.807) is 13.2 Å². The Bertz CT molecular complexity index is 1480. The van der Waals surface area contributed by atoms with Crippen LogP contribution in [0, 0.1) is 0 Å². The van der Waals surface area contributed by atoms with E-state index in [9.17, 15) is 24.0 Å². The molecular weight excluding hydrogens is 672 g/mol. The number of amides is 4. The van der Waals surface area contributed by atoms with E-state index in [1.165, 1.54) is 6.92 Å². The van der Waals surface area contributed by atoms with Crippen molar-refractivity contribution in [2.24, 2.45) is 0 Å². The number of esters is 1. The summed E-state index contributed by atoms with van der Waals surface area (Å²) < 4.78 is 21.3. The first kappa shape index (κ1) is 42.0. The van der Waals surface area contributed by atoms with Crippen molar-refractivity contribution in [2.75, 3.05) is 70.5 Å². The Balaban J connectivity index is 1.49.